The first-order valence-corrected chi connectivity index (χ1v) is 11.8. The summed E-state index contributed by atoms with van der Waals surface area (Å²) >= 11 is 0. The molecular formula is C21H23N7O5S. The molecule has 34 heavy (non-hydrogen) atoms. The number of nitrogen functional groups attached to an aromatic ring is 1. The van der Waals surface area contributed by atoms with Crippen LogP contribution in [-0.2, 0) is 15.8 Å². The number of primary sulfonamides is 1. The minimum absolute atomic E-state index is 0.00686. The summed E-state index contributed by atoms with van der Waals surface area (Å²) in [5, 5.41) is 5.22. The Morgan fingerprint density at radius 3 is 2.26 bits per heavy atom. The van der Waals surface area contributed by atoms with Gasteiger partial charge in [-0.1, -0.05) is 12.1 Å². The molecule has 0 saturated carbocycles. The fraction of sp³-hybridized carbons (Fsp3) is 0.238. The molecule has 12 nitrogen and oxygen atoms in total. The van der Waals surface area contributed by atoms with E-state index in [0.717, 1.165) is 0 Å². The number of aromatic nitrogens is 5. The fourth-order valence-electron chi connectivity index (χ4n) is 3.44. The monoisotopic (exact) mass is 485 g/mol. The smallest absolute Gasteiger partial charge is 0.214 e. The van der Waals surface area contributed by atoms with Gasteiger partial charge in [-0.15, -0.1) is 0 Å². The Bertz CT molecular complexity index is 1450. The van der Waals surface area contributed by atoms with Gasteiger partial charge in [0.25, 0.3) is 0 Å². The fourth-order valence-corrected chi connectivity index (χ4v) is 4.03. The predicted octanol–water partition coefficient (Wildman–Crippen LogP) is 1.66. The summed E-state index contributed by atoms with van der Waals surface area (Å²) in [5.74, 6) is 0.955. The van der Waals surface area contributed by atoms with E-state index >= 15 is 0 Å². The predicted molar refractivity (Wildman–Crippen MR) is 125 cm³/mol. The van der Waals surface area contributed by atoms with Crippen LogP contribution in [0, 0.1) is 0 Å². The second kappa shape index (κ2) is 9.11. The van der Waals surface area contributed by atoms with Crippen LogP contribution in [0.1, 0.15) is 12.6 Å². The zero-order chi connectivity index (χ0) is 24.5. The van der Waals surface area contributed by atoms with Crippen molar-refractivity contribution in [2.24, 2.45) is 5.14 Å². The van der Waals surface area contributed by atoms with Crippen LogP contribution in [0.2, 0.25) is 0 Å². The quantitative estimate of drug-likeness (QED) is 0.374. The van der Waals surface area contributed by atoms with Gasteiger partial charge in [-0.25, -0.2) is 33.5 Å². The van der Waals surface area contributed by atoms with E-state index in [-0.39, 0.29) is 22.8 Å². The van der Waals surface area contributed by atoms with Gasteiger partial charge in [-0.05, 0) is 25.1 Å². The molecule has 0 saturated heterocycles. The van der Waals surface area contributed by atoms with Gasteiger partial charge in [0.2, 0.25) is 15.9 Å². The van der Waals surface area contributed by atoms with Gasteiger partial charge < -0.3 is 19.9 Å². The van der Waals surface area contributed by atoms with Crippen LogP contribution in [-0.4, -0.2) is 53.7 Å². The van der Waals surface area contributed by atoms with E-state index in [9.17, 15) is 8.42 Å². The van der Waals surface area contributed by atoms with Crippen molar-refractivity contribution >= 4 is 27.1 Å². The molecule has 1 aromatic carbocycles. The van der Waals surface area contributed by atoms with Gasteiger partial charge in [0.15, 0.2) is 17.1 Å². The van der Waals surface area contributed by atoms with Crippen molar-refractivity contribution in [3.05, 3.63) is 42.1 Å². The Morgan fingerprint density at radius 1 is 0.971 bits per heavy atom. The summed E-state index contributed by atoms with van der Waals surface area (Å²) in [5.41, 5.74) is 7.27. The first-order chi connectivity index (χ1) is 16.3. The van der Waals surface area contributed by atoms with Crippen LogP contribution in [0.4, 0.5) is 5.82 Å². The molecule has 0 amide bonds. The number of anilines is 1. The lowest BCUT2D eigenvalue weighted by Crippen LogP contribution is -2.17. The Morgan fingerprint density at radius 2 is 1.65 bits per heavy atom. The van der Waals surface area contributed by atoms with Crippen molar-refractivity contribution in [1.82, 2.24) is 24.5 Å². The first-order valence-electron chi connectivity index (χ1n) is 10.1. The molecule has 0 aliphatic carbocycles. The molecule has 13 heteroatoms. The van der Waals surface area contributed by atoms with Crippen LogP contribution in [0.5, 0.6) is 17.4 Å². The molecule has 4 N–H and O–H groups in total. The summed E-state index contributed by atoms with van der Waals surface area (Å²) in [4.78, 5) is 17.9. The summed E-state index contributed by atoms with van der Waals surface area (Å²) in [7, 11) is -0.889. The second-order valence-corrected chi connectivity index (χ2v) is 8.70. The number of ether oxygens (including phenoxy) is 3. The van der Waals surface area contributed by atoms with Crippen molar-refractivity contribution in [2.75, 3.05) is 26.6 Å². The van der Waals surface area contributed by atoms with Crippen LogP contribution in [0.3, 0.4) is 0 Å². The number of nitrogens with two attached hydrogens (primary N) is 2. The van der Waals surface area contributed by atoms with Crippen molar-refractivity contribution in [3.8, 4) is 34.6 Å². The average molecular weight is 486 g/mol. The number of nitrogens with zero attached hydrogens (tertiary/aromatic N) is 5. The third-order valence-electron chi connectivity index (χ3n) is 4.81. The van der Waals surface area contributed by atoms with E-state index in [1.807, 2.05) is 6.92 Å². The maximum Gasteiger partial charge on any atom is 0.214 e. The number of imidazole rings is 1. The highest BCUT2D eigenvalue weighted by Crippen LogP contribution is 2.38. The lowest BCUT2D eigenvalue weighted by molar-refractivity contribution is 0.327. The summed E-state index contributed by atoms with van der Waals surface area (Å²) < 4.78 is 41.8. The van der Waals surface area contributed by atoms with Gasteiger partial charge in [-0.3, -0.25) is 4.57 Å². The Kier molecular flexibility index (Phi) is 6.22. The zero-order valence-corrected chi connectivity index (χ0v) is 19.5. The van der Waals surface area contributed by atoms with Gasteiger partial charge in [0.05, 0.1) is 20.8 Å². The molecule has 3 heterocycles. The minimum atomic E-state index is -3.92. The summed E-state index contributed by atoms with van der Waals surface area (Å²) in [6, 6.07) is 10.5. The van der Waals surface area contributed by atoms with Gasteiger partial charge in [0.1, 0.15) is 40.1 Å². The standard InChI is InChI=1S/C21H23N7O5S/c1-4-33-16-10-5-7-12(24-16)20-27-19-21(25-13(18(22)26-19)11-34(23,29)30)28(20)17-14(31-2)8-6-9-15(17)32-3/h5-10H,4,11H2,1-3H3,(H2,22,26)(H2,23,29,30). The molecule has 0 spiro atoms. The molecule has 3 aromatic heterocycles. The molecule has 0 atom stereocenters. The number of hydrogen-bond donors (Lipinski definition) is 2. The lowest BCUT2D eigenvalue weighted by atomic mass is 10.2. The van der Waals surface area contributed by atoms with Gasteiger partial charge in [-0.2, -0.15) is 0 Å². The highest BCUT2D eigenvalue weighted by Gasteiger charge is 2.25. The van der Waals surface area contributed by atoms with Gasteiger partial charge in [0, 0.05) is 6.07 Å². The molecule has 4 aromatic rings. The number of rotatable bonds is 8. The molecule has 0 radical (unpaired) electrons. The maximum absolute atomic E-state index is 11.7. The van der Waals surface area contributed by atoms with Crippen molar-refractivity contribution < 1.29 is 22.6 Å². The molecule has 178 valence electrons. The molecule has 0 bridgehead atoms. The van der Waals surface area contributed by atoms with Crippen molar-refractivity contribution in [1.29, 1.82) is 0 Å². The van der Waals surface area contributed by atoms with E-state index in [0.29, 0.717) is 41.2 Å². The Labute approximate surface area is 195 Å². The third-order valence-corrected chi connectivity index (χ3v) is 5.48. The van der Waals surface area contributed by atoms with Crippen LogP contribution in [0.15, 0.2) is 36.4 Å². The summed E-state index contributed by atoms with van der Waals surface area (Å²) in [6.45, 7) is 2.29. The highest BCUT2D eigenvalue weighted by molar-refractivity contribution is 7.88. The maximum atomic E-state index is 11.7. The molecule has 0 aliphatic heterocycles. The number of para-hydroxylation sites is 1. The highest BCUT2D eigenvalue weighted by atomic mass is 32.2. The normalized spacial score (nSPS) is 11.5. The molecule has 4 rings (SSSR count). The number of methoxy groups -OCH3 is 2. The van der Waals surface area contributed by atoms with Crippen LogP contribution < -0.4 is 25.1 Å². The molecule has 0 aliphatic rings. The topological polar surface area (TPSA) is 170 Å². The van der Waals surface area contributed by atoms with E-state index in [1.165, 1.54) is 14.2 Å². The molecular weight excluding hydrogens is 462 g/mol. The van der Waals surface area contributed by atoms with Crippen molar-refractivity contribution in [2.45, 2.75) is 12.7 Å². The number of hydrogen-bond acceptors (Lipinski definition) is 10. The van der Waals surface area contributed by atoms with Crippen molar-refractivity contribution in [3.63, 3.8) is 0 Å². The SMILES string of the molecule is CCOc1cccc(-c2nc3nc(N)c(CS(N)(=O)=O)nc3n2-c2c(OC)cccc2OC)n1. The Balaban J connectivity index is 2.10. The largest absolute Gasteiger partial charge is 0.494 e. The minimum Gasteiger partial charge on any atom is -0.494 e. The lowest BCUT2D eigenvalue weighted by Gasteiger charge is -2.16. The first kappa shape index (κ1) is 23.2. The molecule has 0 fully saturated rings. The summed E-state index contributed by atoms with van der Waals surface area (Å²) in [6.07, 6.45) is 0. The van der Waals surface area contributed by atoms with Gasteiger partial charge >= 0.3 is 0 Å². The number of benzene rings is 1. The number of pyridine rings is 1. The number of fused-ring (bicyclic) bond motifs is 1. The third kappa shape index (κ3) is 4.43. The Hall–Kier alpha value is -3.97. The van der Waals surface area contributed by atoms with Crippen LogP contribution >= 0.6 is 0 Å². The average Bonchev–Trinajstić information content (AvgIpc) is 3.15. The van der Waals surface area contributed by atoms with E-state index in [4.69, 9.17) is 25.1 Å². The van der Waals surface area contributed by atoms with Crippen LogP contribution in [0.25, 0.3) is 28.5 Å². The van der Waals surface area contributed by atoms with E-state index in [1.54, 1.807) is 41.0 Å². The number of sulfonamides is 1. The van der Waals surface area contributed by atoms with E-state index in [2.05, 4.69) is 19.9 Å². The second-order valence-electron chi connectivity index (χ2n) is 7.09. The van der Waals surface area contributed by atoms with E-state index < -0.39 is 15.8 Å². The zero-order valence-electron chi connectivity index (χ0n) is 18.7. The molecule has 0 unspecified atom stereocenters.